The lowest BCUT2D eigenvalue weighted by atomic mass is 9.60. The summed E-state index contributed by atoms with van der Waals surface area (Å²) in [7, 11) is 0. The van der Waals surface area contributed by atoms with Gasteiger partial charge in [0.25, 0.3) is 5.92 Å². The SMILES string of the molecule is Cc1nnnn1[C@@]12CC(F)(F)[C@@H](C)[C@H](/C=C/c3ccc(-c4ccccc4C#N)cn3)[C@@H]1[C@@H](C)OC2=O. The van der Waals surface area contributed by atoms with Gasteiger partial charge in [0.15, 0.2) is 5.54 Å². The molecule has 36 heavy (non-hydrogen) atoms. The lowest BCUT2D eigenvalue weighted by molar-refractivity contribution is -0.169. The number of allylic oxidation sites excluding steroid dienone is 1. The number of tetrazole rings is 1. The third-order valence-corrected chi connectivity index (χ3v) is 7.50. The lowest BCUT2D eigenvalue weighted by Crippen LogP contribution is -2.59. The van der Waals surface area contributed by atoms with Crippen LogP contribution < -0.4 is 0 Å². The predicted octanol–water partition coefficient (Wildman–Crippen LogP) is 4.18. The molecule has 1 aliphatic heterocycles. The van der Waals surface area contributed by atoms with Gasteiger partial charge in [0.05, 0.1) is 17.3 Å². The summed E-state index contributed by atoms with van der Waals surface area (Å²) in [5.74, 6) is -5.99. The minimum atomic E-state index is -3.16. The van der Waals surface area contributed by atoms with E-state index in [4.69, 9.17) is 4.74 Å². The van der Waals surface area contributed by atoms with Gasteiger partial charge in [-0.25, -0.2) is 18.3 Å². The molecule has 8 nitrogen and oxygen atoms in total. The minimum absolute atomic E-state index is 0.272. The van der Waals surface area contributed by atoms with Gasteiger partial charge in [0.1, 0.15) is 11.9 Å². The summed E-state index contributed by atoms with van der Waals surface area (Å²) in [6.07, 6.45) is 3.70. The first-order valence-corrected chi connectivity index (χ1v) is 11.7. The summed E-state index contributed by atoms with van der Waals surface area (Å²) in [6, 6.07) is 13.0. The van der Waals surface area contributed by atoms with Crippen LogP contribution in [0.4, 0.5) is 8.78 Å². The van der Waals surface area contributed by atoms with Crippen LogP contribution in [-0.4, -0.2) is 43.2 Å². The number of aryl methyl sites for hydroxylation is 1. The van der Waals surface area contributed by atoms with Crippen LogP contribution in [0, 0.1) is 36.0 Å². The molecule has 1 aromatic carbocycles. The standard InChI is InChI=1S/C26H24F2N6O2/c1-15-21(11-10-20-9-8-19(13-30-20)22-7-5-4-6-18(22)12-29)23-16(2)36-24(35)25(23,14-26(15,27)28)34-17(3)31-32-33-34/h4-11,13,15-16,21,23H,14H2,1-3H3/b11-10+/t15-,16+,21-,23-,25-/m0/s1. The molecule has 1 saturated heterocycles. The van der Waals surface area contributed by atoms with Crippen molar-refractivity contribution in [3.05, 3.63) is 65.8 Å². The number of fused-ring (bicyclic) bond motifs is 1. The molecule has 0 spiro atoms. The van der Waals surface area contributed by atoms with Crippen LogP contribution >= 0.6 is 0 Å². The molecule has 10 heteroatoms. The quantitative estimate of drug-likeness (QED) is 0.505. The first-order valence-electron chi connectivity index (χ1n) is 11.7. The van der Waals surface area contributed by atoms with Crippen LogP contribution in [0.1, 0.15) is 37.4 Å². The maximum absolute atomic E-state index is 15.4. The number of pyridine rings is 1. The van der Waals surface area contributed by atoms with E-state index >= 15 is 8.78 Å². The fraction of sp³-hybridized carbons (Fsp3) is 0.385. The Hall–Kier alpha value is -4.00. The number of ether oxygens (including phenoxy) is 1. The van der Waals surface area contributed by atoms with Crippen molar-refractivity contribution < 1.29 is 18.3 Å². The van der Waals surface area contributed by atoms with Gasteiger partial charge in [-0.3, -0.25) is 4.98 Å². The highest BCUT2D eigenvalue weighted by Crippen LogP contribution is 2.58. The highest BCUT2D eigenvalue weighted by molar-refractivity contribution is 5.82. The molecule has 1 aliphatic carbocycles. The Morgan fingerprint density at radius 3 is 2.67 bits per heavy atom. The van der Waals surface area contributed by atoms with E-state index in [1.54, 1.807) is 50.4 Å². The number of hydrogen-bond acceptors (Lipinski definition) is 7. The summed E-state index contributed by atoms with van der Waals surface area (Å²) in [4.78, 5) is 17.6. The van der Waals surface area contributed by atoms with Crippen molar-refractivity contribution >= 4 is 12.0 Å². The first kappa shape index (κ1) is 23.7. The molecular weight excluding hydrogens is 466 g/mol. The summed E-state index contributed by atoms with van der Waals surface area (Å²) in [5, 5.41) is 20.7. The van der Waals surface area contributed by atoms with Crippen LogP contribution in [0.25, 0.3) is 17.2 Å². The van der Waals surface area contributed by atoms with E-state index < -0.39 is 47.7 Å². The summed E-state index contributed by atoms with van der Waals surface area (Å²) >= 11 is 0. The van der Waals surface area contributed by atoms with Gasteiger partial charge in [0, 0.05) is 35.6 Å². The molecule has 0 radical (unpaired) electrons. The number of nitrogens with zero attached hydrogens (tertiary/aromatic N) is 6. The van der Waals surface area contributed by atoms with E-state index in [0.29, 0.717) is 11.3 Å². The molecule has 0 unspecified atom stereocenters. The molecule has 184 valence electrons. The maximum Gasteiger partial charge on any atom is 0.335 e. The van der Waals surface area contributed by atoms with E-state index in [0.717, 1.165) is 11.1 Å². The molecule has 0 bridgehead atoms. The zero-order valence-corrected chi connectivity index (χ0v) is 20.0. The number of hydrogen-bond donors (Lipinski definition) is 0. The Bertz CT molecular complexity index is 1380. The van der Waals surface area contributed by atoms with E-state index in [9.17, 15) is 10.1 Å². The number of nitriles is 1. The van der Waals surface area contributed by atoms with Gasteiger partial charge < -0.3 is 4.74 Å². The second kappa shape index (κ2) is 8.59. The van der Waals surface area contributed by atoms with E-state index in [2.05, 4.69) is 26.6 Å². The molecule has 3 aromatic rings. The zero-order valence-electron chi connectivity index (χ0n) is 20.0. The molecule has 3 heterocycles. The Kier molecular flexibility index (Phi) is 5.66. The normalized spacial score (nSPS) is 29.1. The molecule has 5 atom stereocenters. The lowest BCUT2D eigenvalue weighted by Gasteiger charge is -2.47. The predicted molar refractivity (Wildman–Crippen MR) is 125 cm³/mol. The van der Waals surface area contributed by atoms with E-state index in [-0.39, 0.29) is 5.82 Å². The maximum atomic E-state index is 15.4. The smallest absolute Gasteiger partial charge is 0.335 e. The summed E-state index contributed by atoms with van der Waals surface area (Å²) in [5.41, 5.74) is 0.946. The van der Waals surface area contributed by atoms with Gasteiger partial charge in [-0.2, -0.15) is 5.26 Å². The Morgan fingerprint density at radius 1 is 1.22 bits per heavy atom. The third-order valence-electron chi connectivity index (χ3n) is 7.50. The third kappa shape index (κ3) is 3.58. The number of rotatable bonds is 4. The van der Waals surface area contributed by atoms with Crippen LogP contribution in [0.5, 0.6) is 0 Å². The van der Waals surface area contributed by atoms with Crippen LogP contribution in [0.3, 0.4) is 0 Å². The topological polar surface area (TPSA) is 107 Å². The molecular formula is C26H24F2N6O2. The molecule has 5 rings (SSSR count). The van der Waals surface area contributed by atoms with Crippen molar-refractivity contribution in [3.63, 3.8) is 0 Å². The van der Waals surface area contributed by atoms with Crippen molar-refractivity contribution in [3.8, 4) is 17.2 Å². The van der Waals surface area contributed by atoms with Gasteiger partial charge in [-0.05, 0) is 48.4 Å². The first-order chi connectivity index (χ1) is 17.2. The van der Waals surface area contributed by atoms with Gasteiger partial charge in [0.2, 0.25) is 0 Å². The van der Waals surface area contributed by atoms with Gasteiger partial charge >= 0.3 is 5.97 Å². The van der Waals surface area contributed by atoms with Crippen molar-refractivity contribution in [2.24, 2.45) is 17.8 Å². The second-order valence-electron chi connectivity index (χ2n) is 9.49. The number of alkyl halides is 2. The molecule has 2 aromatic heterocycles. The second-order valence-corrected chi connectivity index (χ2v) is 9.49. The molecule has 2 fully saturated rings. The number of benzene rings is 1. The summed E-state index contributed by atoms with van der Waals surface area (Å²) < 4.78 is 37.6. The van der Waals surface area contributed by atoms with E-state index in [1.165, 1.54) is 11.6 Å². The van der Waals surface area contributed by atoms with Crippen molar-refractivity contribution in [1.82, 2.24) is 25.2 Å². The monoisotopic (exact) mass is 490 g/mol. The largest absolute Gasteiger partial charge is 0.460 e. The molecule has 1 saturated carbocycles. The number of cyclic esters (lactones) is 1. The average molecular weight is 491 g/mol. The van der Waals surface area contributed by atoms with Crippen molar-refractivity contribution in [2.45, 2.75) is 44.8 Å². The summed E-state index contributed by atoms with van der Waals surface area (Å²) in [6.45, 7) is 4.80. The number of carbonyl (C=O) groups is 1. The highest BCUT2D eigenvalue weighted by atomic mass is 19.3. The zero-order chi connectivity index (χ0) is 25.7. The van der Waals surface area contributed by atoms with Crippen molar-refractivity contribution in [2.75, 3.05) is 0 Å². The number of esters is 1. The Morgan fingerprint density at radius 2 is 2.00 bits per heavy atom. The van der Waals surface area contributed by atoms with E-state index in [1.807, 2.05) is 18.2 Å². The van der Waals surface area contributed by atoms with Gasteiger partial charge in [-0.1, -0.05) is 37.3 Å². The number of carbonyl (C=O) groups excluding carboxylic acids is 1. The fourth-order valence-electron chi connectivity index (χ4n) is 5.70. The Balaban J connectivity index is 1.51. The molecule has 0 N–H and O–H groups in total. The number of halogens is 2. The number of aromatic nitrogens is 5. The Labute approximate surface area is 206 Å². The fourth-order valence-corrected chi connectivity index (χ4v) is 5.70. The van der Waals surface area contributed by atoms with Crippen molar-refractivity contribution in [1.29, 1.82) is 5.26 Å². The van der Waals surface area contributed by atoms with Gasteiger partial charge in [-0.15, -0.1) is 5.10 Å². The minimum Gasteiger partial charge on any atom is -0.460 e. The van der Waals surface area contributed by atoms with Crippen LogP contribution in [-0.2, 0) is 15.1 Å². The molecule has 0 amide bonds. The highest BCUT2D eigenvalue weighted by Gasteiger charge is 2.70. The van der Waals surface area contributed by atoms with Crippen LogP contribution in [0.2, 0.25) is 0 Å². The average Bonchev–Trinajstić information content (AvgIpc) is 3.40. The molecule has 2 aliphatic rings. The van der Waals surface area contributed by atoms with Crippen LogP contribution in [0.15, 0.2) is 48.7 Å².